The molecule has 0 aromatic heterocycles. The molecular formula is C19H24N2O3. The van der Waals surface area contributed by atoms with Crippen molar-refractivity contribution in [2.24, 2.45) is 0 Å². The molecule has 1 unspecified atom stereocenters. The van der Waals surface area contributed by atoms with Gasteiger partial charge in [0.05, 0.1) is 19.8 Å². The Bertz CT molecular complexity index is 646. The molecule has 0 spiro atoms. The van der Waals surface area contributed by atoms with Crippen molar-refractivity contribution >= 4 is 6.03 Å². The molecular weight excluding hydrogens is 304 g/mol. The van der Waals surface area contributed by atoms with Gasteiger partial charge in [-0.1, -0.05) is 42.5 Å². The molecule has 0 bridgehead atoms. The molecule has 1 atom stereocenters. The zero-order chi connectivity index (χ0) is 17.4. The lowest BCUT2D eigenvalue weighted by Crippen LogP contribution is -2.41. The van der Waals surface area contributed by atoms with Crippen molar-refractivity contribution in [3.63, 3.8) is 0 Å². The summed E-state index contributed by atoms with van der Waals surface area (Å²) in [7, 11) is 3.30. The van der Waals surface area contributed by atoms with Crippen molar-refractivity contribution in [3.8, 4) is 5.75 Å². The largest absolute Gasteiger partial charge is 0.497 e. The first-order chi connectivity index (χ1) is 11.6. The Labute approximate surface area is 142 Å². The summed E-state index contributed by atoms with van der Waals surface area (Å²) in [5.74, 6) is 0.794. The number of hydrogen-bond donors (Lipinski definition) is 2. The lowest BCUT2D eigenvalue weighted by molar-refractivity contribution is 0.187. The van der Waals surface area contributed by atoms with E-state index in [1.807, 2.05) is 54.6 Å². The number of rotatable bonds is 7. The molecule has 2 aromatic rings. The topological polar surface area (TPSA) is 61.8 Å². The minimum absolute atomic E-state index is 0.0597. The fourth-order valence-electron chi connectivity index (χ4n) is 2.48. The summed E-state index contributed by atoms with van der Waals surface area (Å²) in [6, 6.07) is 17.3. The molecule has 5 heteroatoms. The predicted octanol–water partition coefficient (Wildman–Crippen LogP) is 2.61. The van der Waals surface area contributed by atoms with Crippen LogP contribution in [0.5, 0.6) is 5.75 Å². The maximum Gasteiger partial charge on any atom is 0.317 e. The maximum atomic E-state index is 12.3. The van der Waals surface area contributed by atoms with Crippen LogP contribution in [0.1, 0.15) is 17.2 Å². The van der Waals surface area contributed by atoms with Gasteiger partial charge in [-0.15, -0.1) is 0 Å². The molecule has 2 aromatic carbocycles. The minimum atomic E-state index is -0.208. The molecule has 0 aliphatic heterocycles. The van der Waals surface area contributed by atoms with Gasteiger partial charge in [-0.3, -0.25) is 0 Å². The molecule has 2 N–H and O–H groups in total. The number of nitrogens with zero attached hydrogens (tertiary/aromatic N) is 1. The second-order valence-electron chi connectivity index (χ2n) is 5.61. The highest BCUT2D eigenvalue weighted by Crippen LogP contribution is 2.21. The SMILES string of the molecule is COc1cccc(CC(NC(=O)N(C)CCO)c2ccccc2)c1. The number of likely N-dealkylation sites (N-methyl/N-ethyl adjacent to an activating group) is 1. The zero-order valence-electron chi connectivity index (χ0n) is 14.1. The number of ether oxygens (including phenoxy) is 1. The van der Waals surface area contributed by atoms with Gasteiger partial charge in [-0.25, -0.2) is 4.79 Å². The smallest absolute Gasteiger partial charge is 0.317 e. The lowest BCUT2D eigenvalue weighted by Gasteiger charge is -2.24. The number of carbonyl (C=O) groups excluding carboxylic acids is 1. The number of nitrogens with one attached hydrogen (secondary N) is 1. The van der Waals surface area contributed by atoms with Crippen molar-refractivity contribution < 1.29 is 14.6 Å². The average Bonchev–Trinajstić information content (AvgIpc) is 2.62. The molecule has 0 heterocycles. The van der Waals surface area contributed by atoms with E-state index in [4.69, 9.17) is 9.84 Å². The Balaban J connectivity index is 2.18. The lowest BCUT2D eigenvalue weighted by atomic mass is 9.99. The van der Waals surface area contributed by atoms with Gasteiger partial charge in [0.2, 0.25) is 0 Å². The first kappa shape index (κ1) is 17.8. The molecule has 0 saturated carbocycles. The summed E-state index contributed by atoms with van der Waals surface area (Å²) in [5.41, 5.74) is 2.11. The monoisotopic (exact) mass is 328 g/mol. The standard InChI is InChI=1S/C19H24N2O3/c1-21(11-12-22)19(23)20-18(16-8-4-3-5-9-16)14-15-7-6-10-17(13-15)24-2/h3-10,13,18,22H,11-12,14H2,1-2H3,(H,20,23). The van der Waals surface area contributed by atoms with Crippen LogP contribution in [-0.2, 0) is 6.42 Å². The average molecular weight is 328 g/mol. The number of aliphatic hydroxyl groups excluding tert-OH is 1. The number of aliphatic hydroxyl groups is 1. The van der Waals surface area contributed by atoms with Gasteiger partial charge in [0.1, 0.15) is 5.75 Å². The van der Waals surface area contributed by atoms with Crippen LogP contribution >= 0.6 is 0 Å². The molecule has 0 fully saturated rings. The molecule has 0 saturated heterocycles. The van der Waals surface area contributed by atoms with Gasteiger partial charge in [0, 0.05) is 13.6 Å². The Morgan fingerprint density at radius 2 is 1.96 bits per heavy atom. The zero-order valence-corrected chi connectivity index (χ0v) is 14.1. The number of carbonyl (C=O) groups is 1. The van der Waals surface area contributed by atoms with Crippen LogP contribution in [-0.4, -0.2) is 43.3 Å². The van der Waals surface area contributed by atoms with Crippen LogP contribution in [0, 0.1) is 0 Å². The maximum absolute atomic E-state index is 12.3. The van der Waals surface area contributed by atoms with Crippen LogP contribution in [0.3, 0.4) is 0 Å². The van der Waals surface area contributed by atoms with E-state index in [9.17, 15) is 4.79 Å². The third kappa shape index (κ3) is 4.99. The van der Waals surface area contributed by atoms with E-state index in [-0.39, 0.29) is 18.7 Å². The molecule has 5 nitrogen and oxygen atoms in total. The summed E-state index contributed by atoms with van der Waals surface area (Å²) in [5, 5.41) is 12.0. The second kappa shape index (κ2) is 8.93. The molecule has 24 heavy (non-hydrogen) atoms. The summed E-state index contributed by atoms with van der Waals surface area (Å²) < 4.78 is 5.27. The van der Waals surface area contributed by atoms with Gasteiger partial charge < -0.3 is 20.1 Å². The van der Waals surface area contributed by atoms with Gasteiger partial charge in [-0.2, -0.15) is 0 Å². The second-order valence-corrected chi connectivity index (χ2v) is 5.61. The Hall–Kier alpha value is -2.53. The molecule has 128 valence electrons. The van der Waals surface area contributed by atoms with Crippen LogP contribution in [0.2, 0.25) is 0 Å². The van der Waals surface area contributed by atoms with E-state index in [1.165, 1.54) is 4.90 Å². The quantitative estimate of drug-likeness (QED) is 0.821. The summed E-state index contributed by atoms with van der Waals surface area (Å²) in [6.07, 6.45) is 0.653. The first-order valence-electron chi connectivity index (χ1n) is 7.94. The third-order valence-electron chi connectivity index (χ3n) is 3.86. The number of amides is 2. The normalized spacial score (nSPS) is 11.6. The minimum Gasteiger partial charge on any atom is -0.497 e. The molecule has 0 aliphatic carbocycles. The molecule has 2 rings (SSSR count). The van der Waals surface area contributed by atoms with E-state index in [1.54, 1.807) is 14.2 Å². The van der Waals surface area contributed by atoms with Crippen molar-refractivity contribution in [3.05, 3.63) is 65.7 Å². The fourth-order valence-corrected chi connectivity index (χ4v) is 2.48. The number of hydrogen-bond acceptors (Lipinski definition) is 3. The van der Waals surface area contributed by atoms with Gasteiger partial charge in [0.15, 0.2) is 0 Å². The molecule has 0 aliphatic rings. The van der Waals surface area contributed by atoms with Gasteiger partial charge >= 0.3 is 6.03 Å². The van der Waals surface area contributed by atoms with E-state index in [0.29, 0.717) is 13.0 Å². The van der Waals surface area contributed by atoms with Crippen molar-refractivity contribution in [2.45, 2.75) is 12.5 Å². The number of benzene rings is 2. The van der Waals surface area contributed by atoms with Crippen molar-refractivity contribution in [1.29, 1.82) is 0 Å². The molecule has 0 radical (unpaired) electrons. The number of urea groups is 1. The van der Waals surface area contributed by atoms with Crippen LogP contribution in [0.15, 0.2) is 54.6 Å². The first-order valence-corrected chi connectivity index (χ1v) is 7.94. The van der Waals surface area contributed by atoms with Crippen LogP contribution < -0.4 is 10.1 Å². The Kier molecular flexibility index (Phi) is 6.63. The number of methoxy groups -OCH3 is 1. The molecule has 2 amide bonds. The summed E-state index contributed by atoms with van der Waals surface area (Å²) in [4.78, 5) is 13.8. The van der Waals surface area contributed by atoms with Gasteiger partial charge in [-0.05, 0) is 29.7 Å². The van der Waals surface area contributed by atoms with Crippen LogP contribution in [0.25, 0.3) is 0 Å². The summed E-state index contributed by atoms with van der Waals surface area (Å²) in [6.45, 7) is 0.238. The highest BCUT2D eigenvalue weighted by molar-refractivity contribution is 5.74. The van der Waals surface area contributed by atoms with E-state index >= 15 is 0 Å². The fraction of sp³-hybridized carbons (Fsp3) is 0.316. The Morgan fingerprint density at radius 3 is 2.62 bits per heavy atom. The van der Waals surface area contributed by atoms with Gasteiger partial charge in [0.25, 0.3) is 0 Å². The summed E-state index contributed by atoms with van der Waals surface area (Å²) >= 11 is 0. The van der Waals surface area contributed by atoms with Crippen LogP contribution in [0.4, 0.5) is 4.79 Å². The highest BCUT2D eigenvalue weighted by Gasteiger charge is 2.17. The highest BCUT2D eigenvalue weighted by atomic mass is 16.5. The van der Waals surface area contributed by atoms with E-state index < -0.39 is 0 Å². The van der Waals surface area contributed by atoms with Crippen molar-refractivity contribution in [1.82, 2.24) is 10.2 Å². The predicted molar refractivity (Wildman–Crippen MR) is 94.1 cm³/mol. The third-order valence-corrected chi connectivity index (χ3v) is 3.86. The van der Waals surface area contributed by atoms with Crippen molar-refractivity contribution in [2.75, 3.05) is 27.3 Å². The Morgan fingerprint density at radius 1 is 1.21 bits per heavy atom. The van der Waals surface area contributed by atoms with E-state index in [0.717, 1.165) is 16.9 Å². The van der Waals surface area contributed by atoms with E-state index in [2.05, 4.69) is 5.32 Å².